The van der Waals surface area contributed by atoms with E-state index < -0.39 is 11.8 Å². The number of nitriles is 1. The number of carbonyl (C=O) groups is 1. The summed E-state index contributed by atoms with van der Waals surface area (Å²) in [7, 11) is 1.44. The van der Waals surface area contributed by atoms with Gasteiger partial charge in [-0.25, -0.2) is 0 Å². The van der Waals surface area contributed by atoms with Gasteiger partial charge in [-0.3, -0.25) is 9.79 Å². The van der Waals surface area contributed by atoms with E-state index in [4.69, 9.17) is 5.26 Å². The quantitative estimate of drug-likeness (QED) is 0.701. The highest BCUT2D eigenvalue weighted by atomic mass is 19.3. The molecule has 0 atom stereocenters. The third kappa shape index (κ3) is 3.13. The molecule has 1 heterocycles. The topological polar surface area (TPSA) is 56.5 Å². The number of halogens is 2. The van der Waals surface area contributed by atoms with Gasteiger partial charge in [0.15, 0.2) is 0 Å². The molecule has 0 aromatic rings. The van der Waals surface area contributed by atoms with E-state index in [0.29, 0.717) is 12.3 Å². The lowest BCUT2D eigenvalue weighted by molar-refractivity contribution is -0.128. The number of nitrogens with zero attached hydrogens (tertiary/aromatic N) is 3. The van der Waals surface area contributed by atoms with Crippen LogP contribution >= 0.6 is 0 Å². The zero-order valence-electron chi connectivity index (χ0n) is 8.07. The number of alkyl halides is 2. The zero-order valence-corrected chi connectivity index (χ0v) is 8.07. The summed E-state index contributed by atoms with van der Waals surface area (Å²) in [5.41, 5.74) is 0.133. The Labute approximate surface area is 85.5 Å². The summed E-state index contributed by atoms with van der Waals surface area (Å²) in [5, 5.41) is 8.27. The van der Waals surface area contributed by atoms with Gasteiger partial charge in [0.25, 0.3) is 0 Å². The molecular formula is C9H9F2N3O. The maximum atomic E-state index is 12.6. The number of hydrogen-bond donors (Lipinski definition) is 0. The van der Waals surface area contributed by atoms with Crippen LogP contribution in [0.4, 0.5) is 8.78 Å². The number of likely N-dealkylation sites (N-methyl/N-ethyl adjacent to an activating group) is 1. The first-order valence-corrected chi connectivity index (χ1v) is 4.20. The van der Waals surface area contributed by atoms with Gasteiger partial charge in [0.05, 0.1) is 24.5 Å². The largest absolute Gasteiger partial charge is 0.339 e. The Balaban J connectivity index is 2.55. The van der Waals surface area contributed by atoms with Gasteiger partial charge in [0.2, 0.25) is 5.91 Å². The summed E-state index contributed by atoms with van der Waals surface area (Å²) >= 11 is 0. The molecule has 0 bridgehead atoms. The van der Waals surface area contributed by atoms with E-state index in [1.54, 1.807) is 6.07 Å². The van der Waals surface area contributed by atoms with Crippen molar-refractivity contribution < 1.29 is 13.6 Å². The van der Waals surface area contributed by atoms with Crippen LogP contribution in [0.3, 0.4) is 0 Å². The molecule has 1 aliphatic rings. The molecule has 80 valence electrons. The molecule has 4 nitrogen and oxygen atoms in total. The van der Waals surface area contributed by atoms with E-state index in [2.05, 4.69) is 4.99 Å². The summed E-state index contributed by atoms with van der Waals surface area (Å²) in [6.45, 7) is -0.00734. The average molecular weight is 213 g/mol. The third-order valence-electron chi connectivity index (χ3n) is 1.82. The lowest BCUT2D eigenvalue weighted by Crippen LogP contribution is -2.27. The third-order valence-corrected chi connectivity index (χ3v) is 1.82. The van der Waals surface area contributed by atoms with Gasteiger partial charge in [0.1, 0.15) is 6.42 Å². The predicted octanol–water partition coefficient (Wildman–Crippen LogP) is 0.962. The van der Waals surface area contributed by atoms with E-state index in [0.717, 1.165) is 0 Å². The number of carbonyl (C=O) groups excluding carboxylic acids is 1. The molecule has 0 saturated carbocycles. The monoisotopic (exact) mass is 213 g/mol. The molecule has 0 aliphatic carbocycles. The molecule has 0 radical (unpaired) electrons. The number of allylic oxidation sites excluding steroid dienone is 1. The summed E-state index contributed by atoms with van der Waals surface area (Å²) in [5.74, 6) is -3.43. The highest BCUT2D eigenvalue weighted by Crippen LogP contribution is 2.22. The molecular weight excluding hydrogens is 204 g/mol. The Kier molecular flexibility index (Phi) is 3.14. The fraction of sp³-hybridized carbons (Fsp3) is 0.444. The standard InChI is InChI=1S/C9H9F2N3O/c1-14(8(15)2-3-12)5-7-4-9(10,11)6-13-7/h4,6H,2,5H2,1H3. The number of rotatable bonds is 3. The van der Waals surface area contributed by atoms with Crippen LogP contribution in [-0.2, 0) is 4.79 Å². The summed E-state index contributed by atoms with van der Waals surface area (Å²) < 4.78 is 25.2. The molecule has 0 fully saturated rings. The maximum Gasteiger partial charge on any atom is 0.303 e. The second-order valence-electron chi connectivity index (χ2n) is 3.15. The molecule has 0 unspecified atom stereocenters. The van der Waals surface area contributed by atoms with Crippen molar-refractivity contribution in [3.63, 3.8) is 0 Å². The van der Waals surface area contributed by atoms with Gasteiger partial charge in [-0.05, 0) is 0 Å². The van der Waals surface area contributed by atoms with Gasteiger partial charge in [0, 0.05) is 13.1 Å². The van der Waals surface area contributed by atoms with E-state index in [9.17, 15) is 13.6 Å². The molecule has 1 amide bonds. The number of amides is 1. The van der Waals surface area contributed by atoms with Crippen LogP contribution in [0.2, 0.25) is 0 Å². The van der Waals surface area contributed by atoms with Crippen LogP contribution in [0.1, 0.15) is 6.42 Å². The van der Waals surface area contributed by atoms with E-state index in [-0.39, 0.29) is 18.7 Å². The van der Waals surface area contributed by atoms with Crippen molar-refractivity contribution in [3.05, 3.63) is 11.8 Å². The molecule has 0 N–H and O–H groups in total. The van der Waals surface area contributed by atoms with Crippen molar-refractivity contribution >= 4 is 12.1 Å². The Morgan fingerprint density at radius 3 is 2.87 bits per heavy atom. The fourth-order valence-corrected chi connectivity index (χ4v) is 1.09. The van der Waals surface area contributed by atoms with Crippen LogP contribution < -0.4 is 0 Å². The van der Waals surface area contributed by atoms with Crippen LogP contribution in [0.25, 0.3) is 0 Å². The van der Waals surface area contributed by atoms with Gasteiger partial charge in [-0.15, -0.1) is 0 Å². The first kappa shape index (κ1) is 11.3. The van der Waals surface area contributed by atoms with E-state index in [1.165, 1.54) is 11.9 Å². The van der Waals surface area contributed by atoms with Gasteiger partial charge < -0.3 is 4.90 Å². The molecule has 6 heteroatoms. The SMILES string of the molecule is CN(CC1=CC(F)(F)C=N1)C(=O)CC#N. The molecule has 0 aromatic carbocycles. The lowest BCUT2D eigenvalue weighted by Gasteiger charge is -2.14. The van der Waals surface area contributed by atoms with Crippen molar-refractivity contribution in [1.29, 1.82) is 5.26 Å². The van der Waals surface area contributed by atoms with Crippen LogP contribution in [0, 0.1) is 11.3 Å². The summed E-state index contributed by atoms with van der Waals surface area (Å²) in [6.07, 6.45) is 0.970. The van der Waals surface area contributed by atoms with Crippen LogP contribution in [0.5, 0.6) is 0 Å². The Morgan fingerprint density at radius 2 is 2.40 bits per heavy atom. The molecule has 0 spiro atoms. The highest BCUT2D eigenvalue weighted by molar-refractivity contribution is 5.79. The van der Waals surface area contributed by atoms with Gasteiger partial charge in [-0.1, -0.05) is 0 Å². The summed E-state index contributed by atoms with van der Waals surface area (Å²) in [6, 6.07) is 1.69. The zero-order chi connectivity index (χ0) is 11.5. The fourth-order valence-electron chi connectivity index (χ4n) is 1.09. The predicted molar refractivity (Wildman–Crippen MR) is 49.4 cm³/mol. The average Bonchev–Trinajstić information content (AvgIpc) is 2.46. The second-order valence-corrected chi connectivity index (χ2v) is 3.15. The minimum absolute atomic E-state index is 0.00734. The maximum absolute atomic E-state index is 12.6. The van der Waals surface area contributed by atoms with Crippen LogP contribution in [-0.4, -0.2) is 36.5 Å². The van der Waals surface area contributed by atoms with Gasteiger partial charge in [-0.2, -0.15) is 14.0 Å². The summed E-state index contributed by atoms with van der Waals surface area (Å²) in [4.78, 5) is 15.8. The van der Waals surface area contributed by atoms with Gasteiger partial charge >= 0.3 is 5.92 Å². The van der Waals surface area contributed by atoms with Crippen molar-refractivity contribution in [2.75, 3.05) is 13.6 Å². The molecule has 15 heavy (non-hydrogen) atoms. The minimum atomic E-state index is -3.02. The molecule has 1 rings (SSSR count). The highest BCUT2D eigenvalue weighted by Gasteiger charge is 2.29. The minimum Gasteiger partial charge on any atom is -0.339 e. The number of aliphatic imine (C=N–C) groups is 1. The van der Waals surface area contributed by atoms with Crippen molar-refractivity contribution in [2.45, 2.75) is 12.3 Å². The Morgan fingerprint density at radius 1 is 1.73 bits per heavy atom. The lowest BCUT2D eigenvalue weighted by atomic mass is 10.3. The second kappa shape index (κ2) is 4.17. The smallest absolute Gasteiger partial charge is 0.303 e. The van der Waals surface area contributed by atoms with Crippen molar-refractivity contribution in [3.8, 4) is 6.07 Å². The molecule has 0 saturated heterocycles. The molecule has 0 aromatic heterocycles. The van der Waals surface area contributed by atoms with E-state index in [1.807, 2.05) is 0 Å². The Hall–Kier alpha value is -1.77. The molecule has 1 aliphatic heterocycles. The normalized spacial score (nSPS) is 17.1. The van der Waals surface area contributed by atoms with Crippen molar-refractivity contribution in [2.24, 2.45) is 4.99 Å². The first-order valence-electron chi connectivity index (χ1n) is 4.20. The van der Waals surface area contributed by atoms with Crippen LogP contribution in [0.15, 0.2) is 16.8 Å². The van der Waals surface area contributed by atoms with E-state index >= 15 is 0 Å². The Bertz CT molecular complexity index is 368. The first-order chi connectivity index (χ1) is 6.94. The van der Waals surface area contributed by atoms with Crippen molar-refractivity contribution in [1.82, 2.24) is 4.90 Å². The number of hydrogen-bond acceptors (Lipinski definition) is 3.